The summed E-state index contributed by atoms with van der Waals surface area (Å²) in [5.74, 6) is 0. The van der Waals surface area contributed by atoms with Crippen molar-refractivity contribution in [3.63, 3.8) is 0 Å². The molecule has 0 fully saturated rings. The predicted octanol–water partition coefficient (Wildman–Crippen LogP) is 2.10. The average Bonchev–Trinajstić information content (AvgIpc) is 2.17. The molecule has 5 heteroatoms. The monoisotopic (exact) mass is 253 g/mol. The van der Waals surface area contributed by atoms with Crippen molar-refractivity contribution in [2.75, 3.05) is 7.11 Å². The third-order valence-electron chi connectivity index (χ3n) is 1.82. The number of methoxy groups -OCH3 is 1. The van der Waals surface area contributed by atoms with Crippen LogP contribution in [0.4, 0.5) is 0 Å². The predicted molar refractivity (Wildman–Crippen MR) is 56.3 cm³/mol. The third kappa shape index (κ3) is 1.55. The molecule has 0 aliphatic rings. The van der Waals surface area contributed by atoms with E-state index in [0.717, 1.165) is 21.1 Å². The van der Waals surface area contributed by atoms with Gasteiger partial charge in [0.2, 0.25) is 0 Å². The molecule has 0 saturated carbocycles. The SMILES string of the molecule is COc1nnc2cc(C)cc(Br)c2n1. The highest BCUT2D eigenvalue weighted by Crippen LogP contribution is 2.23. The molecule has 4 nitrogen and oxygen atoms in total. The largest absolute Gasteiger partial charge is 0.466 e. The van der Waals surface area contributed by atoms with Crippen LogP contribution in [0.25, 0.3) is 11.0 Å². The number of halogens is 1. The molecule has 0 spiro atoms. The Kier molecular flexibility index (Phi) is 2.33. The molecular formula is C9H8BrN3O. The van der Waals surface area contributed by atoms with Crippen LogP contribution in [0.15, 0.2) is 16.6 Å². The molecule has 0 radical (unpaired) electrons. The van der Waals surface area contributed by atoms with Gasteiger partial charge in [-0.05, 0) is 40.5 Å². The number of benzene rings is 1. The standard InChI is InChI=1S/C9H8BrN3O/c1-5-3-6(10)8-7(4-5)12-13-9(11-8)14-2/h3-4H,1-2H3. The third-order valence-corrected chi connectivity index (χ3v) is 2.43. The summed E-state index contributed by atoms with van der Waals surface area (Å²) in [6, 6.07) is 4.19. The summed E-state index contributed by atoms with van der Waals surface area (Å²) >= 11 is 3.43. The number of fused-ring (bicyclic) bond motifs is 1. The minimum atomic E-state index is 0.280. The van der Waals surface area contributed by atoms with Gasteiger partial charge in [-0.15, -0.1) is 5.10 Å². The number of aryl methyl sites for hydroxylation is 1. The van der Waals surface area contributed by atoms with E-state index in [-0.39, 0.29) is 6.01 Å². The van der Waals surface area contributed by atoms with E-state index in [1.54, 1.807) is 0 Å². The van der Waals surface area contributed by atoms with E-state index < -0.39 is 0 Å². The molecular weight excluding hydrogens is 246 g/mol. The molecule has 1 aromatic heterocycles. The number of ether oxygens (including phenoxy) is 1. The van der Waals surface area contributed by atoms with Crippen LogP contribution in [0.2, 0.25) is 0 Å². The molecule has 0 atom stereocenters. The zero-order valence-corrected chi connectivity index (χ0v) is 9.37. The Hall–Kier alpha value is -1.23. The summed E-state index contributed by atoms with van der Waals surface area (Å²) in [6.45, 7) is 2.00. The molecule has 1 aromatic carbocycles. The lowest BCUT2D eigenvalue weighted by molar-refractivity contribution is 0.376. The first-order valence-corrected chi connectivity index (χ1v) is 4.84. The summed E-state index contributed by atoms with van der Waals surface area (Å²) in [5.41, 5.74) is 2.64. The van der Waals surface area contributed by atoms with Gasteiger partial charge in [0.1, 0.15) is 11.0 Å². The molecule has 0 amide bonds. The van der Waals surface area contributed by atoms with Crippen LogP contribution in [-0.2, 0) is 0 Å². The van der Waals surface area contributed by atoms with Gasteiger partial charge in [0.15, 0.2) is 0 Å². The highest BCUT2D eigenvalue weighted by atomic mass is 79.9. The normalized spacial score (nSPS) is 10.5. The van der Waals surface area contributed by atoms with Gasteiger partial charge in [-0.1, -0.05) is 5.10 Å². The minimum absolute atomic E-state index is 0.280. The van der Waals surface area contributed by atoms with E-state index in [4.69, 9.17) is 4.74 Å². The fourth-order valence-electron chi connectivity index (χ4n) is 1.20. The quantitative estimate of drug-likeness (QED) is 0.781. The number of rotatable bonds is 1. The maximum atomic E-state index is 4.90. The molecule has 14 heavy (non-hydrogen) atoms. The van der Waals surface area contributed by atoms with Gasteiger partial charge in [0.25, 0.3) is 0 Å². The molecule has 2 rings (SSSR count). The highest BCUT2D eigenvalue weighted by molar-refractivity contribution is 9.10. The Morgan fingerprint density at radius 2 is 2.07 bits per heavy atom. The van der Waals surface area contributed by atoms with Crippen molar-refractivity contribution >= 4 is 27.0 Å². The lowest BCUT2D eigenvalue weighted by Gasteiger charge is -2.02. The maximum Gasteiger partial charge on any atom is 0.336 e. The maximum absolute atomic E-state index is 4.90. The molecule has 0 bridgehead atoms. The summed E-state index contributed by atoms with van der Waals surface area (Å²) in [6.07, 6.45) is 0. The molecule has 1 heterocycles. The van der Waals surface area contributed by atoms with Crippen LogP contribution in [-0.4, -0.2) is 22.3 Å². The van der Waals surface area contributed by atoms with Crippen molar-refractivity contribution in [1.82, 2.24) is 15.2 Å². The second-order valence-electron chi connectivity index (χ2n) is 2.91. The second kappa shape index (κ2) is 3.49. The zero-order valence-electron chi connectivity index (χ0n) is 7.78. The van der Waals surface area contributed by atoms with Crippen LogP contribution in [0.3, 0.4) is 0 Å². The van der Waals surface area contributed by atoms with E-state index >= 15 is 0 Å². The molecule has 0 aliphatic heterocycles. The Morgan fingerprint density at radius 3 is 2.79 bits per heavy atom. The number of hydrogen-bond donors (Lipinski definition) is 0. The molecule has 2 aromatic rings. The lowest BCUT2D eigenvalue weighted by atomic mass is 10.2. The van der Waals surface area contributed by atoms with Crippen molar-refractivity contribution in [3.05, 3.63) is 22.2 Å². The Balaban J connectivity index is 2.75. The van der Waals surface area contributed by atoms with Crippen molar-refractivity contribution < 1.29 is 4.74 Å². The minimum Gasteiger partial charge on any atom is -0.466 e. The molecule has 0 saturated heterocycles. The molecule has 0 unspecified atom stereocenters. The number of nitrogens with zero attached hydrogens (tertiary/aromatic N) is 3. The average molecular weight is 254 g/mol. The van der Waals surface area contributed by atoms with Gasteiger partial charge < -0.3 is 4.74 Å². The van der Waals surface area contributed by atoms with Gasteiger partial charge in [-0.3, -0.25) is 0 Å². The van der Waals surface area contributed by atoms with E-state index in [9.17, 15) is 0 Å². The Bertz CT molecular complexity index is 487. The van der Waals surface area contributed by atoms with Crippen molar-refractivity contribution in [2.45, 2.75) is 6.92 Å². The summed E-state index contributed by atoms with van der Waals surface area (Å²) in [7, 11) is 1.52. The summed E-state index contributed by atoms with van der Waals surface area (Å²) in [4.78, 5) is 4.19. The molecule has 72 valence electrons. The number of hydrogen-bond acceptors (Lipinski definition) is 4. The van der Waals surface area contributed by atoms with Gasteiger partial charge in [-0.25, -0.2) is 0 Å². The molecule has 0 aliphatic carbocycles. The zero-order chi connectivity index (χ0) is 10.1. The Labute approximate surface area is 89.5 Å². The van der Waals surface area contributed by atoms with E-state index in [1.165, 1.54) is 7.11 Å². The smallest absolute Gasteiger partial charge is 0.336 e. The van der Waals surface area contributed by atoms with E-state index in [2.05, 4.69) is 31.1 Å². The number of aromatic nitrogens is 3. The van der Waals surface area contributed by atoms with E-state index in [0.29, 0.717) is 0 Å². The first kappa shape index (κ1) is 9.33. The van der Waals surface area contributed by atoms with Crippen LogP contribution in [0.5, 0.6) is 6.01 Å². The summed E-state index contributed by atoms with van der Waals surface area (Å²) < 4.78 is 5.81. The van der Waals surface area contributed by atoms with Crippen molar-refractivity contribution in [3.8, 4) is 6.01 Å². The first-order chi connectivity index (χ1) is 6.70. The van der Waals surface area contributed by atoms with Gasteiger partial charge in [-0.2, -0.15) is 4.98 Å². The second-order valence-corrected chi connectivity index (χ2v) is 3.77. The van der Waals surface area contributed by atoms with Crippen LogP contribution < -0.4 is 4.74 Å². The fourth-order valence-corrected chi connectivity index (χ4v) is 1.86. The van der Waals surface area contributed by atoms with Gasteiger partial charge in [0.05, 0.1) is 7.11 Å². The lowest BCUT2D eigenvalue weighted by Crippen LogP contribution is -1.96. The summed E-state index contributed by atoms with van der Waals surface area (Å²) in [5, 5.41) is 7.81. The van der Waals surface area contributed by atoms with Gasteiger partial charge in [0, 0.05) is 4.47 Å². The van der Waals surface area contributed by atoms with Crippen LogP contribution in [0.1, 0.15) is 5.56 Å². The van der Waals surface area contributed by atoms with Crippen LogP contribution >= 0.6 is 15.9 Å². The first-order valence-electron chi connectivity index (χ1n) is 4.05. The van der Waals surface area contributed by atoms with Crippen molar-refractivity contribution in [2.24, 2.45) is 0 Å². The fraction of sp³-hybridized carbons (Fsp3) is 0.222. The van der Waals surface area contributed by atoms with Crippen molar-refractivity contribution in [1.29, 1.82) is 0 Å². The highest BCUT2D eigenvalue weighted by Gasteiger charge is 2.05. The van der Waals surface area contributed by atoms with Crippen LogP contribution in [0, 0.1) is 6.92 Å². The van der Waals surface area contributed by atoms with Gasteiger partial charge >= 0.3 is 6.01 Å². The topological polar surface area (TPSA) is 47.9 Å². The van der Waals surface area contributed by atoms with E-state index in [1.807, 2.05) is 19.1 Å². The molecule has 0 N–H and O–H groups in total. The Morgan fingerprint density at radius 1 is 1.29 bits per heavy atom.